The van der Waals surface area contributed by atoms with Gasteiger partial charge >= 0.3 is 6.09 Å². The smallest absolute Gasteiger partial charge is 0.407 e. The molecule has 0 bridgehead atoms. The van der Waals surface area contributed by atoms with Gasteiger partial charge in [-0.1, -0.05) is 21.5 Å². The highest BCUT2D eigenvalue weighted by atomic mass is 79.9. The highest BCUT2D eigenvalue weighted by molar-refractivity contribution is 9.09. The first-order valence-corrected chi connectivity index (χ1v) is 10.3. The van der Waals surface area contributed by atoms with Crippen LogP contribution in [-0.4, -0.2) is 41.1 Å². The molecule has 3 rings (SSSR count). The van der Waals surface area contributed by atoms with Gasteiger partial charge in [0, 0.05) is 22.9 Å². The molecule has 0 aromatic rings. The topological polar surface area (TPSA) is 75.6 Å². The summed E-state index contributed by atoms with van der Waals surface area (Å²) in [5, 5.41) is 14.2. The van der Waals surface area contributed by atoms with Crippen molar-refractivity contribution in [1.29, 1.82) is 0 Å². The summed E-state index contributed by atoms with van der Waals surface area (Å²) >= 11 is 3.24. The lowest BCUT2D eigenvalue weighted by Crippen LogP contribution is -2.49. The fourth-order valence-electron chi connectivity index (χ4n) is 4.35. The number of carbonyl (C=O) groups is 2. The molecule has 1 amide bonds. The normalized spacial score (nSPS) is 26.2. The summed E-state index contributed by atoms with van der Waals surface area (Å²) in [6.07, 6.45) is 4.66. The van der Waals surface area contributed by atoms with Crippen molar-refractivity contribution in [3.8, 4) is 0 Å². The first kappa shape index (κ1) is 19.4. The van der Waals surface area contributed by atoms with Crippen molar-refractivity contribution in [3.63, 3.8) is 0 Å². The summed E-state index contributed by atoms with van der Waals surface area (Å²) in [7, 11) is 0. The Morgan fingerprint density at radius 2 is 2.08 bits per heavy atom. The number of Topliss-reactive ketones (excluding diaryl/α,β-unsaturated/α-hetero) is 1. The lowest BCUT2D eigenvalue weighted by atomic mass is 9.67. The third kappa shape index (κ3) is 2.97. The van der Waals surface area contributed by atoms with E-state index in [1.165, 1.54) is 0 Å². The van der Waals surface area contributed by atoms with E-state index < -0.39 is 17.1 Å². The minimum Gasteiger partial charge on any atom is -0.450 e. The number of nitrogens with one attached hydrogen (secondary N) is 1. The first-order valence-electron chi connectivity index (χ1n) is 9.13. The summed E-state index contributed by atoms with van der Waals surface area (Å²) < 4.78 is 5.18. The summed E-state index contributed by atoms with van der Waals surface area (Å²) in [4.78, 5) is 24.4. The molecule has 0 heterocycles. The number of ether oxygens (including phenoxy) is 1. The fourth-order valence-corrected chi connectivity index (χ4v) is 4.55. The molecule has 1 fully saturated rings. The molecule has 1 spiro atoms. The molecule has 0 saturated heterocycles. The van der Waals surface area contributed by atoms with Crippen LogP contribution in [0.2, 0.25) is 0 Å². The van der Waals surface area contributed by atoms with E-state index in [0.29, 0.717) is 30.5 Å². The van der Waals surface area contributed by atoms with Crippen LogP contribution in [0.15, 0.2) is 33.9 Å². The van der Waals surface area contributed by atoms with Crippen LogP contribution in [0.1, 0.15) is 46.5 Å². The molecule has 0 aromatic heterocycles. The minimum absolute atomic E-state index is 0.157. The number of hydrogen-bond acceptors (Lipinski definition) is 4. The number of alkyl halides is 1. The van der Waals surface area contributed by atoms with Gasteiger partial charge in [-0.15, -0.1) is 0 Å². The zero-order valence-electron chi connectivity index (χ0n) is 15.6. The van der Waals surface area contributed by atoms with Crippen LogP contribution in [0.3, 0.4) is 0 Å². The summed E-state index contributed by atoms with van der Waals surface area (Å²) in [5.74, 6) is -0.157. The van der Waals surface area contributed by atoms with Crippen molar-refractivity contribution in [2.45, 2.75) is 52.1 Å². The van der Waals surface area contributed by atoms with Crippen molar-refractivity contribution in [2.24, 2.45) is 5.41 Å². The predicted octanol–water partition coefficient (Wildman–Crippen LogP) is 3.57. The second kappa shape index (κ2) is 6.97. The Bertz CT molecular complexity index is 741. The molecular formula is C20H26BrNO4. The summed E-state index contributed by atoms with van der Waals surface area (Å²) in [6, 6.07) is 0. The number of hydrogen-bond donors (Lipinski definition) is 2. The molecule has 1 saturated carbocycles. The molecule has 5 nitrogen and oxygen atoms in total. The number of carbonyl (C=O) groups excluding carboxylic acids is 2. The molecule has 26 heavy (non-hydrogen) atoms. The quantitative estimate of drug-likeness (QED) is 0.505. The van der Waals surface area contributed by atoms with Gasteiger partial charge in [-0.3, -0.25) is 4.79 Å². The standard InChI is InChI=1S/C20H26BrNO4/c1-12-11-15-16(13(2)20(6-7-20)19(3,25)17(15)23)14(12)5-4-10-26-18(24)22-9-8-21/h11,25H,4-10H2,1-3H3,(H,22,24)/t19-/m0/s1. The molecule has 2 N–H and O–H groups in total. The van der Waals surface area contributed by atoms with Crippen LogP contribution in [0.4, 0.5) is 4.79 Å². The second-order valence-electron chi connectivity index (χ2n) is 7.56. The summed E-state index contributed by atoms with van der Waals surface area (Å²) in [6.45, 7) is 6.60. The number of fused-ring (bicyclic) bond motifs is 1. The molecule has 0 radical (unpaired) electrons. The SMILES string of the molecule is CC1=C(CCCOC(=O)NCCBr)C2=C(C)C3(CC3)[C@@](C)(O)C(=O)C2=C1. The number of alkyl carbamates (subject to hydrolysis) is 1. The van der Waals surface area contributed by atoms with Gasteiger partial charge in [0.15, 0.2) is 5.78 Å². The maximum Gasteiger partial charge on any atom is 0.407 e. The minimum atomic E-state index is -1.31. The van der Waals surface area contributed by atoms with Gasteiger partial charge in [-0.2, -0.15) is 0 Å². The molecule has 0 aliphatic heterocycles. The van der Waals surface area contributed by atoms with E-state index in [0.717, 1.165) is 41.6 Å². The maximum atomic E-state index is 12.9. The van der Waals surface area contributed by atoms with E-state index in [1.807, 2.05) is 13.0 Å². The molecular weight excluding hydrogens is 398 g/mol. The van der Waals surface area contributed by atoms with Gasteiger partial charge in [-0.25, -0.2) is 4.79 Å². The number of ketones is 1. The van der Waals surface area contributed by atoms with Crippen molar-refractivity contribution in [1.82, 2.24) is 5.32 Å². The van der Waals surface area contributed by atoms with Crippen LogP contribution >= 0.6 is 15.9 Å². The Morgan fingerprint density at radius 3 is 2.69 bits per heavy atom. The van der Waals surface area contributed by atoms with Crippen LogP contribution in [0.5, 0.6) is 0 Å². The number of halogens is 1. The second-order valence-corrected chi connectivity index (χ2v) is 8.35. The zero-order valence-corrected chi connectivity index (χ0v) is 17.2. The third-order valence-corrected chi connectivity index (χ3v) is 6.43. The van der Waals surface area contributed by atoms with Crippen LogP contribution in [0, 0.1) is 5.41 Å². The molecule has 0 unspecified atom stereocenters. The van der Waals surface area contributed by atoms with E-state index >= 15 is 0 Å². The van der Waals surface area contributed by atoms with Crippen molar-refractivity contribution in [3.05, 3.63) is 33.9 Å². The Kier molecular flexibility index (Phi) is 5.19. The first-order chi connectivity index (χ1) is 12.3. The molecule has 3 aliphatic carbocycles. The number of allylic oxidation sites excluding steroid dienone is 4. The summed E-state index contributed by atoms with van der Waals surface area (Å²) in [5.41, 5.74) is 3.33. The Labute approximate surface area is 162 Å². The molecule has 3 aliphatic rings. The van der Waals surface area contributed by atoms with Gasteiger partial charge in [0.2, 0.25) is 0 Å². The molecule has 142 valence electrons. The van der Waals surface area contributed by atoms with Gasteiger partial charge in [0.25, 0.3) is 0 Å². The molecule has 1 atom stereocenters. The molecule has 6 heteroatoms. The number of aliphatic hydroxyl groups is 1. The lowest BCUT2D eigenvalue weighted by molar-refractivity contribution is -0.137. The molecule has 0 aromatic carbocycles. The lowest BCUT2D eigenvalue weighted by Gasteiger charge is -2.39. The van der Waals surface area contributed by atoms with Crippen molar-refractivity contribution in [2.75, 3.05) is 18.5 Å². The van der Waals surface area contributed by atoms with E-state index in [-0.39, 0.29) is 5.78 Å². The average Bonchev–Trinajstić information content (AvgIpc) is 3.35. The maximum absolute atomic E-state index is 12.9. The monoisotopic (exact) mass is 423 g/mol. The number of rotatable bonds is 6. The Balaban J connectivity index is 1.70. The van der Waals surface area contributed by atoms with Crippen LogP contribution in [-0.2, 0) is 9.53 Å². The zero-order chi connectivity index (χ0) is 19.1. The highest BCUT2D eigenvalue weighted by Gasteiger charge is 2.64. The predicted molar refractivity (Wildman–Crippen MR) is 103 cm³/mol. The van der Waals surface area contributed by atoms with Crippen molar-refractivity contribution < 1.29 is 19.4 Å². The third-order valence-electron chi connectivity index (χ3n) is 6.04. The van der Waals surface area contributed by atoms with E-state index in [4.69, 9.17) is 4.74 Å². The Hall–Kier alpha value is -1.40. The van der Waals surface area contributed by atoms with Gasteiger partial charge in [-0.05, 0) is 69.2 Å². The van der Waals surface area contributed by atoms with E-state index in [1.54, 1.807) is 6.92 Å². The van der Waals surface area contributed by atoms with E-state index in [2.05, 4.69) is 28.2 Å². The number of amides is 1. The van der Waals surface area contributed by atoms with Crippen LogP contribution < -0.4 is 5.32 Å². The van der Waals surface area contributed by atoms with Crippen molar-refractivity contribution >= 4 is 27.8 Å². The van der Waals surface area contributed by atoms with E-state index in [9.17, 15) is 14.7 Å². The van der Waals surface area contributed by atoms with Gasteiger partial charge < -0.3 is 15.2 Å². The Morgan fingerprint density at radius 1 is 1.38 bits per heavy atom. The van der Waals surface area contributed by atoms with Gasteiger partial charge in [0.1, 0.15) is 5.60 Å². The average molecular weight is 424 g/mol. The fraction of sp³-hybridized carbons (Fsp3) is 0.600. The highest BCUT2D eigenvalue weighted by Crippen LogP contribution is 2.65. The van der Waals surface area contributed by atoms with Crippen LogP contribution in [0.25, 0.3) is 0 Å². The largest absolute Gasteiger partial charge is 0.450 e. The van der Waals surface area contributed by atoms with Gasteiger partial charge in [0.05, 0.1) is 6.61 Å².